The summed E-state index contributed by atoms with van der Waals surface area (Å²) in [6.07, 6.45) is 16.0. The van der Waals surface area contributed by atoms with Crippen LogP contribution in [-0.2, 0) is 11.3 Å². The number of nitrogens with one attached hydrogen (secondary N) is 2. The number of para-hydroxylation sites is 1. The van der Waals surface area contributed by atoms with Gasteiger partial charge in [0, 0.05) is 37.4 Å². The van der Waals surface area contributed by atoms with Gasteiger partial charge in [0.15, 0.2) is 0 Å². The molecule has 1 aliphatic rings. The van der Waals surface area contributed by atoms with Gasteiger partial charge in [-0.2, -0.15) is 0 Å². The van der Waals surface area contributed by atoms with Crippen molar-refractivity contribution in [3.8, 4) is 0 Å². The van der Waals surface area contributed by atoms with E-state index in [9.17, 15) is 4.79 Å². The lowest BCUT2D eigenvalue weighted by molar-refractivity contribution is -0.119. The zero-order valence-corrected chi connectivity index (χ0v) is 23.5. The molecule has 2 aromatic rings. The molecule has 0 bridgehead atoms. The summed E-state index contributed by atoms with van der Waals surface area (Å²) in [5.41, 5.74) is 3.24. The second-order valence-corrected chi connectivity index (χ2v) is 8.61. The number of carbonyl (C=O) groups is 1. The van der Waals surface area contributed by atoms with Crippen molar-refractivity contribution in [2.24, 2.45) is 0 Å². The predicted octanol–water partition coefficient (Wildman–Crippen LogP) is 7.16. The first-order chi connectivity index (χ1) is 18.6. The number of amides is 1. The third kappa shape index (κ3) is 13.7. The number of benzene rings is 2. The predicted molar refractivity (Wildman–Crippen MR) is 165 cm³/mol. The fraction of sp³-hybridized carbons (Fsp3) is 0.333. The van der Waals surface area contributed by atoms with Crippen molar-refractivity contribution in [1.29, 1.82) is 5.41 Å². The van der Waals surface area contributed by atoms with Crippen LogP contribution >= 0.6 is 0 Å². The average Bonchev–Trinajstić information content (AvgIpc) is 2.93. The number of rotatable bonds is 11. The molecule has 0 heterocycles. The van der Waals surface area contributed by atoms with Crippen molar-refractivity contribution < 1.29 is 4.79 Å². The van der Waals surface area contributed by atoms with Crippen molar-refractivity contribution in [1.82, 2.24) is 10.2 Å². The lowest BCUT2D eigenvalue weighted by Gasteiger charge is -2.29. The molecule has 0 saturated carbocycles. The Hall–Kier alpha value is -3.54. The van der Waals surface area contributed by atoms with E-state index in [4.69, 9.17) is 5.41 Å². The topological polar surface area (TPSA) is 59.4 Å². The molecule has 0 spiro atoms. The molecule has 0 fully saturated rings. The molecule has 1 amide bonds. The van der Waals surface area contributed by atoms with E-state index in [-0.39, 0.29) is 5.91 Å². The van der Waals surface area contributed by atoms with Gasteiger partial charge in [-0.15, -0.1) is 6.58 Å². The Morgan fingerprint density at radius 2 is 1.63 bits per heavy atom. The normalized spacial score (nSPS) is 14.3. The molecule has 204 valence electrons. The molecule has 2 aromatic carbocycles. The van der Waals surface area contributed by atoms with Gasteiger partial charge in [0.2, 0.25) is 5.91 Å². The molecule has 0 aliphatic heterocycles. The number of carbonyl (C=O) groups excluding carboxylic acids is 1. The van der Waals surface area contributed by atoms with Gasteiger partial charge in [-0.1, -0.05) is 98.8 Å². The lowest BCUT2D eigenvalue weighted by atomic mass is 10.1. The summed E-state index contributed by atoms with van der Waals surface area (Å²) < 4.78 is 0. The summed E-state index contributed by atoms with van der Waals surface area (Å²) in [6, 6.07) is 20.4. The van der Waals surface area contributed by atoms with Crippen LogP contribution in [0.1, 0.15) is 45.6 Å². The Bertz CT molecular complexity index is 996. The van der Waals surface area contributed by atoms with Crippen LogP contribution in [-0.4, -0.2) is 43.2 Å². The number of anilines is 1. The summed E-state index contributed by atoms with van der Waals surface area (Å²) in [6.45, 7) is 13.1. The van der Waals surface area contributed by atoms with E-state index >= 15 is 0 Å². The summed E-state index contributed by atoms with van der Waals surface area (Å²) >= 11 is 0. The van der Waals surface area contributed by atoms with Crippen LogP contribution in [0, 0.1) is 5.41 Å². The van der Waals surface area contributed by atoms with E-state index in [1.807, 2.05) is 55.1 Å². The minimum atomic E-state index is 0.111. The van der Waals surface area contributed by atoms with Crippen molar-refractivity contribution in [3.63, 3.8) is 0 Å². The van der Waals surface area contributed by atoms with Gasteiger partial charge in [0.05, 0.1) is 6.54 Å². The minimum Gasteiger partial charge on any atom is -0.313 e. The zero-order valence-electron chi connectivity index (χ0n) is 23.5. The van der Waals surface area contributed by atoms with Gasteiger partial charge in [0.25, 0.3) is 0 Å². The molecule has 0 saturated heterocycles. The second kappa shape index (κ2) is 21.5. The molecular formula is C33H46N4O. The van der Waals surface area contributed by atoms with E-state index in [2.05, 4.69) is 78.4 Å². The largest absolute Gasteiger partial charge is 0.313 e. The SMILES string of the molecule is C=CC.CCC=N.CCN(CCNCc1ccccc1)CC(=O)N(/C1=C/CC=C/C=C\C1)c1ccccc1. The van der Waals surface area contributed by atoms with Crippen molar-refractivity contribution in [2.75, 3.05) is 31.1 Å². The van der Waals surface area contributed by atoms with Crippen LogP contribution < -0.4 is 10.2 Å². The highest BCUT2D eigenvalue weighted by Crippen LogP contribution is 2.23. The van der Waals surface area contributed by atoms with E-state index < -0.39 is 0 Å². The smallest absolute Gasteiger partial charge is 0.245 e. The van der Waals surface area contributed by atoms with Gasteiger partial charge < -0.3 is 10.7 Å². The molecule has 38 heavy (non-hydrogen) atoms. The monoisotopic (exact) mass is 514 g/mol. The van der Waals surface area contributed by atoms with Crippen molar-refractivity contribution >= 4 is 17.8 Å². The molecule has 0 aromatic heterocycles. The Labute approximate surface area is 230 Å². The van der Waals surface area contributed by atoms with E-state index in [0.717, 1.165) is 56.8 Å². The maximum absolute atomic E-state index is 13.4. The van der Waals surface area contributed by atoms with Gasteiger partial charge >= 0.3 is 0 Å². The number of allylic oxidation sites excluding steroid dienone is 6. The van der Waals surface area contributed by atoms with Gasteiger partial charge in [0.1, 0.15) is 0 Å². The first-order valence-corrected chi connectivity index (χ1v) is 13.5. The summed E-state index contributed by atoms with van der Waals surface area (Å²) in [5.74, 6) is 0.111. The molecule has 0 radical (unpaired) electrons. The Morgan fingerprint density at radius 1 is 1.03 bits per heavy atom. The van der Waals surface area contributed by atoms with Crippen LogP contribution in [0.5, 0.6) is 0 Å². The molecule has 5 nitrogen and oxygen atoms in total. The molecule has 0 atom stereocenters. The number of hydrogen-bond acceptors (Lipinski definition) is 4. The highest BCUT2D eigenvalue weighted by atomic mass is 16.2. The molecule has 2 N–H and O–H groups in total. The van der Waals surface area contributed by atoms with Crippen LogP contribution in [0.2, 0.25) is 0 Å². The summed E-state index contributed by atoms with van der Waals surface area (Å²) in [4.78, 5) is 17.5. The molecule has 1 aliphatic carbocycles. The van der Waals surface area contributed by atoms with Crippen LogP contribution in [0.4, 0.5) is 5.69 Å². The van der Waals surface area contributed by atoms with Gasteiger partial charge in [-0.05, 0) is 50.2 Å². The maximum Gasteiger partial charge on any atom is 0.245 e. The lowest BCUT2D eigenvalue weighted by Crippen LogP contribution is -2.42. The van der Waals surface area contributed by atoms with Gasteiger partial charge in [-0.3, -0.25) is 14.6 Å². The highest BCUT2D eigenvalue weighted by Gasteiger charge is 2.21. The first-order valence-electron chi connectivity index (χ1n) is 13.5. The molecule has 3 rings (SSSR count). The third-order valence-electron chi connectivity index (χ3n) is 5.54. The second-order valence-electron chi connectivity index (χ2n) is 8.61. The zero-order chi connectivity index (χ0) is 27.8. The molecule has 5 heteroatoms. The number of nitrogens with zero attached hydrogens (tertiary/aromatic N) is 2. The van der Waals surface area contributed by atoms with E-state index in [1.165, 1.54) is 11.8 Å². The Kier molecular flexibility index (Phi) is 18.4. The third-order valence-corrected chi connectivity index (χ3v) is 5.54. The van der Waals surface area contributed by atoms with Crippen LogP contribution in [0.3, 0.4) is 0 Å². The maximum atomic E-state index is 13.4. The van der Waals surface area contributed by atoms with E-state index in [0.29, 0.717) is 6.54 Å². The minimum absolute atomic E-state index is 0.111. The fourth-order valence-electron chi connectivity index (χ4n) is 3.62. The summed E-state index contributed by atoms with van der Waals surface area (Å²) in [7, 11) is 0. The number of hydrogen-bond donors (Lipinski definition) is 2. The van der Waals surface area contributed by atoms with Crippen LogP contribution in [0.15, 0.2) is 109 Å². The molecule has 0 unspecified atom stereocenters. The van der Waals surface area contributed by atoms with Gasteiger partial charge in [-0.25, -0.2) is 0 Å². The Balaban J connectivity index is 0.000000923. The quantitative estimate of drug-likeness (QED) is 0.190. The van der Waals surface area contributed by atoms with Crippen molar-refractivity contribution in [3.05, 3.63) is 115 Å². The highest BCUT2D eigenvalue weighted by molar-refractivity contribution is 5.97. The number of likely N-dealkylation sites (N-methyl/N-ethyl adjacent to an activating group) is 1. The first kappa shape index (κ1) is 32.5. The van der Waals surface area contributed by atoms with Crippen molar-refractivity contribution in [2.45, 2.75) is 46.6 Å². The molecular weight excluding hydrogens is 468 g/mol. The van der Waals surface area contributed by atoms with E-state index in [1.54, 1.807) is 6.08 Å². The average molecular weight is 515 g/mol. The Morgan fingerprint density at radius 3 is 2.24 bits per heavy atom. The standard InChI is InChI=1S/C27H33N3O.C3H7N.C3H6/c1-2-29(21-20-28-22-24-14-8-6-9-15-24)23-27(31)30(26-18-12-7-13-19-26)25-16-10-4-3-5-11-17-25;1-2-3-4;1-3-2/h3-10,12-15,17-19,28H,2,11,16,20-23H2,1H3;3-4H,2H2,1H3;3H,1H2,2H3/b5-3?,10-4-,25-17+;;. The van der Waals surface area contributed by atoms with Crippen LogP contribution in [0.25, 0.3) is 0 Å². The fourth-order valence-corrected chi connectivity index (χ4v) is 3.62. The summed E-state index contributed by atoms with van der Waals surface area (Å²) in [5, 5.41) is 9.81.